The van der Waals surface area contributed by atoms with Crippen LogP contribution in [0.5, 0.6) is 0 Å². The first-order chi connectivity index (χ1) is 15.8. The maximum atomic E-state index is 12.8. The zero-order valence-corrected chi connectivity index (χ0v) is 20.3. The number of aromatic nitrogens is 2. The fourth-order valence-electron chi connectivity index (χ4n) is 4.31. The van der Waals surface area contributed by atoms with E-state index in [-0.39, 0.29) is 12.5 Å². The number of imidazole rings is 1. The van der Waals surface area contributed by atoms with E-state index in [9.17, 15) is 4.79 Å². The Morgan fingerprint density at radius 1 is 1.03 bits per heavy atom. The van der Waals surface area contributed by atoms with Crippen LogP contribution in [0.3, 0.4) is 0 Å². The smallest absolute Gasteiger partial charge is 0.238 e. The molecule has 0 unspecified atom stereocenters. The van der Waals surface area contributed by atoms with Crippen molar-refractivity contribution in [3.8, 4) is 0 Å². The third-order valence-electron chi connectivity index (χ3n) is 5.74. The van der Waals surface area contributed by atoms with Crippen LogP contribution in [-0.2, 0) is 17.9 Å². The molecular weight excluding hydrogens is 432 g/mol. The first kappa shape index (κ1) is 23.0. The Morgan fingerprint density at radius 3 is 2.42 bits per heavy atom. The number of carbonyl (C=O) groups is 1. The predicted molar refractivity (Wildman–Crippen MR) is 136 cm³/mol. The summed E-state index contributed by atoms with van der Waals surface area (Å²) >= 11 is 6.21. The molecule has 6 heteroatoms. The van der Waals surface area contributed by atoms with Gasteiger partial charge in [0.05, 0.1) is 24.1 Å². The lowest BCUT2D eigenvalue weighted by atomic mass is 10.1. The molecule has 1 aromatic heterocycles. The number of halogens is 1. The average molecular weight is 461 g/mol. The van der Waals surface area contributed by atoms with Gasteiger partial charge in [-0.2, -0.15) is 0 Å². The number of likely N-dealkylation sites (N-methyl/N-ethyl adjacent to an activating group) is 1. The van der Waals surface area contributed by atoms with Gasteiger partial charge in [-0.1, -0.05) is 59.6 Å². The minimum absolute atomic E-state index is 0.0404. The van der Waals surface area contributed by atoms with E-state index in [0.29, 0.717) is 18.1 Å². The van der Waals surface area contributed by atoms with Crippen LogP contribution in [0.15, 0.2) is 60.7 Å². The van der Waals surface area contributed by atoms with E-state index in [1.165, 1.54) is 11.1 Å². The van der Waals surface area contributed by atoms with Gasteiger partial charge in [-0.3, -0.25) is 9.69 Å². The molecule has 33 heavy (non-hydrogen) atoms. The van der Waals surface area contributed by atoms with Crippen LogP contribution in [0.1, 0.15) is 28.1 Å². The molecule has 4 aromatic rings. The van der Waals surface area contributed by atoms with Crippen molar-refractivity contribution in [2.24, 2.45) is 0 Å². The Morgan fingerprint density at radius 2 is 1.73 bits per heavy atom. The number of amides is 1. The average Bonchev–Trinajstić information content (AvgIpc) is 3.07. The topological polar surface area (TPSA) is 50.2 Å². The molecule has 0 spiro atoms. The van der Waals surface area contributed by atoms with Crippen molar-refractivity contribution in [2.45, 2.75) is 33.9 Å². The molecule has 0 bridgehead atoms. The number of anilines is 1. The molecule has 4 rings (SSSR count). The molecule has 5 nitrogen and oxygen atoms in total. The van der Waals surface area contributed by atoms with Gasteiger partial charge >= 0.3 is 0 Å². The first-order valence-electron chi connectivity index (χ1n) is 11.0. The van der Waals surface area contributed by atoms with Crippen LogP contribution >= 0.6 is 11.6 Å². The fraction of sp³-hybridized carbons (Fsp3) is 0.259. The van der Waals surface area contributed by atoms with Crippen molar-refractivity contribution in [3.63, 3.8) is 0 Å². The van der Waals surface area contributed by atoms with Crippen LogP contribution < -0.4 is 5.32 Å². The molecule has 1 amide bonds. The lowest BCUT2D eigenvalue weighted by Crippen LogP contribution is -2.31. The third-order valence-corrected chi connectivity index (χ3v) is 5.97. The summed E-state index contributed by atoms with van der Waals surface area (Å²) in [6.45, 7) is 7.62. The van der Waals surface area contributed by atoms with E-state index >= 15 is 0 Å². The van der Waals surface area contributed by atoms with Gasteiger partial charge in [0.15, 0.2) is 0 Å². The number of nitrogens with zero attached hydrogens (tertiary/aromatic N) is 3. The van der Waals surface area contributed by atoms with Gasteiger partial charge in [0.25, 0.3) is 0 Å². The Balaban J connectivity index is 1.53. The Kier molecular flexibility index (Phi) is 6.82. The number of nitrogens with one attached hydrogen (secondary N) is 1. The number of rotatable bonds is 7. The van der Waals surface area contributed by atoms with Crippen LogP contribution in [0, 0.1) is 20.8 Å². The number of hydrogen-bond acceptors (Lipinski definition) is 3. The fourth-order valence-corrected chi connectivity index (χ4v) is 4.48. The van der Waals surface area contributed by atoms with Crippen LogP contribution in [-0.4, -0.2) is 34.0 Å². The van der Waals surface area contributed by atoms with Gasteiger partial charge < -0.3 is 9.88 Å². The predicted octanol–water partition coefficient (Wildman–Crippen LogP) is 5.73. The molecular formula is C27H29ClN4O. The second-order valence-corrected chi connectivity index (χ2v) is 9.16. The van der Waals surface area contributed by atoms with Gasteiger partial charge in [0.1, 0.15) is 5.82 Å². The largest absolute Gasteiger partial charge is 0.324 e. The SMILES string of the molecule is Cc1cc(C)c(NC(=O)CN(C)Cc2nc3cc(Cl)ccc3n2Cc2ccccc2)c(C)c1. The first-order valence-corrected chi connectivity index (χ1v) is 11.4. The maximum Gasteiger partial charge on any atom is 0.238 e. The van der Waals surface area contributed by atoms with E-state index in [4.69, 9.17) is 16.6 Å². The zero-order chi connectivity index (χ0) is 23.5. The van der Waals surface area contributed by atoms with Crippen LogP contribution in [0.25, 0.3) is 11.0 Å². The highest BCUT2D eigenvalue weighted by Crippen LogP contribution is 2.24. The molecule has 0 aliphatic heterocycles. The molecule has 1 heterocycles. The molecule has 170 valence electrons. The highest BCUT2D eigenvalue weighted by atomic mass is 35.5. The second-order valence-electron chi connectivity index (χ2n) is 8.73. The Hall–Kier alpha value is -3.15. The summed E-state index contributed by atoms with van der Waals surface area (Å²) in [5.74, 6) is 0.857. The summed E-state index contributed by atoms with van der Waals surface area (Å²) in [4.78, 5) is 19.6. The molecule has 1 N–H and O–H groups in total. The Bertz CT molecular complexity index is 1270. The summed E-state index contributed by atoms with van der Waals surface area (Å²) in [6, 6.07) is 20.3. The molecule has 0 radical (unpaired) electrons. The lowest BCUT2D eigenvalue weighted by Gasteiger charge is -2.19. The van der Waals surface area contributed by atoms with Crippen molar-refractivity contribution >= 4 is 34.2 Å². The van der Waals surface area contributed by atoms with Crippen molar-refractivity contribution in [3.05, 3.63) is 93.8 Å². The van der Waals surface area contributed by atoms with Crippen LogP contribution in [0.4, 0.5) is 5.69 Å². The zero-order valence-electron chi connectivity index (χ0n) is 19.5. The summed E-state index contributed by atoms with van der Waals surface area (Å²) in [5.41, 5.74) is 7.32. The molecule has 0 saturated carbocycles. The summed E-state index contributed by atoms with van der Waals surface area (Å²) in [5, 5.41) is 3.75. The number of carbonyl (C=O) groups excluding carboxylic acids is 1. The summed E-state index contributed by atoms with van der Waals surface area (Å²) in [6.07, 6.45) is 0. The highest BCUT2D eigenvalue weighted by Gasteiger charge is 2.16. The normalized spacial score (nSPS) is 11.3. The van der Waals surface area contributed by atoms with Gasteiger partial charge in [-0.25, -0.2) is 4.98 Å². The molecule has 0 fully saturated rings. The van der Waals surface area contributed by atoms with Gasteiger partial charge in [-0.05, 0) is 62.7 Å². The van der Waals surface area contributed by atoms with E-state index in [1.807, 2.05) is 62.2 Å². The van der Waals surface area contributed by atoms with E-state index in [0.717, 1.165) is 33.7 Å². The third kappa shape index (κ3) is 5.44. The molecule has 0 aliphatic carbocycles. The lowest BCUT2D eigenvalue weighted by molar-refractivity contribution is -0.117. The molecule has 0 saturated heterocycles. The monoisotopic (exact) mass is 460 g/mol. The van der Waals surface area contributed by atoms with Gasteiger partial charge in [0, 0.05) is 17.3 Å². The minimum Gasteiger partial charge on any atom is -0.324 e. The van der Waals surface area contributed by atoms with E-state index < -0.39 is 0 Å². The van der Waals surface area contributed by atoms with Crippen molar-refractivity contribution < 1.29 is 4.79 Å². The standard InChI is InChI=1S/C27H29ClN4O/c1-18-12-19(2)27(20(3)13-18)30-26(33)17-31(4)16-25-29-23-14-22(28)10-11-24(23)32(25)15-21-8-6-5-7-9-21/h5-14H,15-17H2,1-4H3,(H,30,33). The minimum atomic E-state index is -0.0404. The Labute approximate surface area is 200 Å². The van der Waals surface area contributed by atoms with E-state index in [2.05, 4.69) is 41.1 Å². The number of benzene rings is 3. The molecule has 0 aliphatic rings. The number of aryl methyl sites for hydroxylation is 3. The second kappa shape index (κ2) is 9.77. The van der Waals surface area contributed by atoms with Gasteiger partial charge in [-0.15, -0.1) is 0 Å². The number of fused-ring (bicyclic) bond motifs is 1. The van der Waals surface area contributed by atoms with Crippen LogP contribution in [0.2, 0.25) is 5.02 Å². The highest BCUT2D eigenvalue weighted by molar-refractivity contribution is 6.31. The van der Waals surface area contributed by atoms with Crippen molar-refractivity contribution in [1.82, 2.24) is 14.5 Å². The maximum absolute atomic E-state index is 12.8. The molecule has 3 aromatic carbocycles. The van der Waals surface area contributed by atoms with Gasteiger partial charge in [0.2, 0.25) is 5.91 Å². The van der Waals surface area contributed by atoms with E-state index in [1.54, 1.807) is 0 Å². The number of hydrogen-bond donors (Lipinski definition) is 1. The van der Waals surface area contributed by atoms with Crippen molar-refractivity contribution in [1.29, 1.82) is 0 Å². The summed E-state index contributed by atoms with van der Waals surface area (Å²) in [7, 11) is 1.94. The van der Waals surface area contributed by atoms with Crippen molar-refractivity contribution in [2.75, 3.05) is 18.9 Å². The molecule has 0 atom stereocenters. The summed E-state index contributed by atoms with van der Waals surface area (Å²) < 4.78 is 2.20. The quantitative estimate of drug-likeness (QED) is 0.383.